The van der Waals surface area contributed by atoms with Crippen molar-refractivity contribution in [1.29, 1.82) is 0 Å². The Morgan fingerprint density at radius 1 is 1.16 bits per heavy atom. The predicted octanol–water partition coefficient (Wildman–Crippen LogP) is 4.15. The molecule has 0 aliphatic heterocycles. The lowest BCUT2D eigenvalue weighted by atomic mass is 9.92. The van der Waals surface area contributed by atoms with Crippen LogP contribution in [0.25, 0.3) is 10.9 Å². The molecule has 0 saturated heterocycles. The molecule has 0 spiro atoms. The molecule has 3 aromatic rings. The first-order valence-electron chi connectivity index (χ1n) is 7.75. The Morgan fingerprint density at radius 3 is 2.68 bits per heavy atom. The smallest absolute Gasteiger partial charge is 0.307 e. The molecule has 3 rings (SSSR count). The van der Waals surface area contributed by atoms with Crippen LogP contribution in [0.2, 0.25) is 0 Å². The van der Waals surface area contributed by atoms with Crippen molar-refractivity contribution in [2.45, 2.75) is 12.8 Å². The summed E-state index contributed by atoms with van der Waals surface area (Å²) in [5, 5.41) is 20.3. The molecule has 128 valence electrons. The van der Waals surface area contributed by atoms with Crippen molar-refractivity contribution in [2.24, 2.45) is 5.92 Å². The minimum absolute atomic E-state index is 0.125. The Balaban J connectivity index is 1.83. The van der Waals surface area contributed by atoms with Crippen LogP contribution in [0.4, 0.5) is 0 Å². The number of halogens is 1. The molecule has 1 heterocycles. The maximum atomic E-state index is 12.5. The van der Waals surface area contributed by atoms with Crippen molar-refractivity contribution in [1.82, 2.24) is 4.98 Å². The van der Waals surface area contributed by atoms with Gasteiger partial charge in [-0.05, 0) is 36.2 Å². The Morgan fingerprint density at radius 2 is 1.92 bits per heavy atom. The number of phenols is 1. The lowest BCUT2D eigenvalue weighted by Crippen LogP contribution is -2.20. The number of carbonyl (C=O) groups is 2. The number of fused-ring (bicyclic) bond motifs is 1. The Labute approximate surface area is 152 Å². The van der Waals surface area contributed by atoms with Gasteiger partial charge in [0.15, 0.2) is 5.78 Å². The summed E-state index contributed by atoms with van der Waals surface area (Å²) in [4.78, 5) is 27.2. The quantitative estimate of drug-likeness (QED) is 0.541. The average Bonchev–Trinajstić information content (AvgIpc) is 2.99. The van der Waals surface area contributed by atoms with E-state index in [2.05, 4.69) is 20.9 Å². The second kappa shape index (κ2) is 7.11. The molecule has 2 aromatic carbocycles. The van der Waals surface area contributed by atoms with E-state index in [1.54, 1.807) is 12.3 Å². The van der Waals surface area contributed by atoms with E-state index in [0.717, 1.165) is 16.5 Å². The normalized spacial score (nSPS) is 12.2. The van der Waals surface area contributed by atoms with Crippen LogP contribution >= 0.6 is 15.9 Å². The number of benzene rings is 2. The zero-order chi connectivity index (χ0) is 18.0. The maximum Gasteiger partial charge on any atom is 0.307 e. The van der Waals surface area contributed by atoms with Gasteiger partial charge in [0.05, 0.1) is 11.5 Å². The molecule has 0 aliphatic carbocycles. The minimum atomic E-state index is -1.03. The summed E-state index contributed by atoms with van der Waals surface area (Å²) < 4.78 is 0.650. The van der Waals surface area contributed by atoms with Gasteiger partial charge in [0, 0.05) is 28.0 Å². The molecule has 0 aliphatic rings. The van der Waals surface area contributed by atoms with Gasteiger partial charge in [0.25, 0.3) is 0 Å². The van der Waals surface area contributed by atoms with E-state index in [9.17, 15) is 19.8 Å². The van der Waals surface area contributed by atoms with Crippen LogP contribution in [-0.2, 0) is 11.2 Å². The fourth-order valence-electron chi connectivity index (χ4n) is 2.88. The molecular weight excluding hydrogens is 386 g/mol. The third-order valence-corrected chi connectivity index (χ3v) is 4.67. The van der Waals surface area contributed by atoms with Crippen molar-refractivity contribution in [3.05, 3.63) is 64.3 Å². The highest BCUT2D eigenvalue weighted by molar-refractivity contribution is 9.10. The summed E-state index contributed by atoms with van der Waals surface area (Å²) in [6, 6.07) is 12.2. The van der Waals surface area contributed by atoms with Crippen molar-refractivity contribution in [3.8, 4) is 5.75 Å². The summed E-state index contributed by atoms with van der Waals surface area (Å²) in [5.41, 5.74) is 1.91. The van der Waals surface area contributed by atoms with E-state index < -0.39 is 17.7 Å². The van der Waals surface area contributed by atoms with Crippen LogP contribution in [0.3, 0.4) is 0 Å². The zero-order valence-corrected chi connectivity index (χ0v) is 14.8. The molecule has 25 heavy (non-hydrogen) atoms. The molecule has 0 bridgehead atoms. The van der Waals surface area contributed by atoms with E-state index in [4.69, 9.17) is 0 Å². The highest BCUT2D eigenvalue weighted by Gasteiger charge is 2.25. The summed E-state index contributed by atoms with van der Waals surface area (Å²) in [7, 11) is 0. The first-order chi connectivity index (χ1) is 12.0. The molecule has 0 radical (unpaired) electrons. The van der Waals surface area contributed by atoms with Gasteiger partial charge < -0.3 is 15.2 Å². The van der Waals surface area contributed by atoms with Crippen LogP contribution in [0.15, 0.2) is 53.1 Å². The third-order valence-electron chi connectivity index (χ3n) is 4.18. The highest BCUT2D eigenvalue weighted by atomic mass is 79.9. The molecule has 0 amide bonds. The summed E-state index contributed by atoms with van der Waals surface area (Å²) in [5.74, 6) is -2.45. The Kier molecular flexibility index (Phi) is 4.90. The molecular formula is C19H16BrNO4. The van der Waals surface area contributed by atoms with Crippen LogP contribution < -0.4 is 0 Å². The van der Waals surface area contributed by atoms with E-state index in [1.807, 2.05) is 24.3 Å². The van der Waals surface area contributed by atoms with E-state index >= 15 is 0 Å². The molecule has 1 atom stereocenters. The van der Waals surface area contributed by atoms with Crippen molar-refractivity contribution < 1.29 is 19.8 Å². The molecule has 1 aromatic heterocycles. The topological polar surface area (TPSA) is 90.4 Å². The number of nitrogens with one attached hydrogen (secondary N) is 1. The number of Topliss-reactive ketones (excluding diaryl/α,β-unsaturated/α-hetero) is 1. The number of carboxylic acid groups (broad SMARTS) is 1. The zero-order valence-electron chi connectivity index (χ0n) is 13.2. The predicted molar refractivity (Wildman–Crippen MR) is 97.9 cm³/mol. The molecule has 0 unspecified atom stereocenters. The largest absolute Gasteiger partial charge is 0.507 e. The molecule has 3 N–H and O–H groups in total. The minimum Gasteiger partial charge on any atom is -0.507 e. The first-order valence-corrected chi connectivity index (χ1v) is 8.54. The van der Waals surface area contributed by atoms with E-state index in [-0.39, 0.29) is 24.2 Å². The second-order valence-corrected chi connectivity index (χ2v) is 6.80. The fourth-order valence-corrected chi connectivity index (χ4v) is 3.24. The summed E-state index contributed by atoms with van der Waals surface area (Å²) in [6.07, 6.45) is 1.83. The monoisotopic (exact) mass is 401 g/mol. The van der Waals surface area contributed by atoms with Gasteiger partial charge in [0.1, 0.15) is 5.75 Å². The summed E-state index contributed by atoms with van der Waals surface area (Å²) >= 11 is 3.25. The number of para-hydroxylation sites is 1. The molecule has 0 saturated carbocycles. The SMILES string of the molecule is O=C(C[C@@H](Cc1c[nH]c2ccccc12)C(=O)O)c1cc(Br)ccc1O. The summed E-state index contributed by atoms with van der Waals surface area (Å²) in [6.45, 7) is 0. The van der Waals surface area contributed by atoms with Crippen LogP contribution in [-0.4, -0.2) is 26.9 Å². The van der Waals surface area contributed by atoms with Crippen LogP contribution in [0.1, 0.15) is 22.3 Å². The number of ketones is 1. The first kappa shape index (κ1) is 17.2. The van der Waals surface area contributed by atoms with Crippen molar-refractivity contribution in [3.63, 3.8) is 0 Å². The number of aliphatic carboxylic acids is 1. The van der Waals surface area contributed by atoms with Crippen molar-refractivity contribution in [2.75, 3.05) is 0 Å². The number of carboxylic acids is 1. The van der Waals surface area contributed by atoms with E-state index in [1.165, 1.54) is 12.1 Å². The fraction of sp³-hybridized carbons (Fsp3) is 0.158. The number of phenolic OH excluding ortho intramolecular Hbond substituents is 1. The maximum absolute atomic E-state index is 12.5. The van der Waals surface area contributed by atoms with Gasteiger partial charge in [0.2, 0.25) is 0 Å². The lowest BCUT2D eigenvalue weighted by Gasteiger charge is -2.12. The van der Waals surface area contributed by atoms with E-state index in [0.29, 0.717) is 4.47 Å². The van der Waals surface area contributed by atoms with Gasteiger partial charge in [-0.15, -0.1) is 0 Å². The number of rotatable bonds is 6. The number of aromatic hydroxyl groups is 1. The molecule has 0 fully saturated rings. The van der Waals surface area contributed by atoms with Crippen molar-refractivity contribution >= 4 is 38.6 Å². The number of H-pyrrole nitrogens is 1. The third kappa shape index (κ3) is 3.74. The van der Waals surface area contributed by atoms with Crippen LogP contribution in [0, 0.1) is 5.92 Å². The second-order valence-electron chi connectivity index (χ2n) is 5.89. The number of aromatic amines is 1. The average molecular weight is 402 g/mol. The lowest BCUT2D eigenvalue weighted by molar-refractivity contribution is -0.141. The van der Waals surface area contributed by atoms with Crippen LogP contribution in [0.5, 0.6) is 5.75 Å². The van der Waals surface area contributed by atoms with Gasteiger partial charge in [-0.3, -0.25) is 9.59 Å². The number of carbonyl (C=O) groups excluding carboxylic acids is 1. The van der Waals surface area contributed by atoms with Gasteiger partial charge >= 0.3 is 5.97 Å². The van der Waals surface area contributed by atoms with Gasteiger partial charge in [-0.2, -0.15) is 0 Å². The Bertz CT molecular complexity index is 948. The Hall–Kier alpha value is -2.60. The number of hydrogen-bond acceptors (Lipinski definition) is 3. The number of aromatic nitrogens is 1. The van der Waals surface area contributed by atoms with Gasteiger partial charge in [-0.25, -0.2) is 0 Å². The molecule has 5 nitrogen and oxygen atoms in total. The standard InChI is InChI=1S/C19H16BrNO4/c20-13-5-6-17(22)15(9-13)18(23)8-11(19(24)25)7-12-10-21-16-4-2-1-3-14(12)16/h1-6,9-11,21-22H,7-8H2,(H,24,25)/t11-/m1/s1. The van der Waals surface area contributed by atoms with Gasteiger partial charge in [-0.1, -0.05) is 34.1 Å². The molecule has 6 heteroatoms. The number of hydrogen-bond donors (Lipinski definition) is 3. The highest BCUT2D eigenvalue weighted by Crippen LogP contribution is 2.27.